The van der Waals surface area contributed by atoms with E-state index in [0.717, 1.165) is 5.56 Å². The Bertz CT molecular complexity index is 431. The van der Waals surface area contributed by atoms with E-state index in [1.807, 2.05) is 19.1 Å². The number of amides is 3. The average Bonchev–Trinajstić information content (AvgIpc) is 2.35. The van der Waals surface area contributed by atoms with Crippen molar-refractivity contribution in [3.05, 3.63) is 29.8 Å². The molecule has 7 heteroatoms. The van der Waals surface area contributed by atoms with Crippen molar-refractivity contribution < 1.29 is 14.3 Å². The fourth-order valence-corrected chi connectivity index (χ4v) is 1.36. The molecular formula is C12H18N4O3. The summed E-state index contributed by atoms with van der Waals surface area (Å²) in [5.41, 5.74) is 12.1. The average molecular weight is 266 g/mol. The number of anilines is 1. The first-order chi connectivity index (χ1) is 8.99. The highest BCUT2D eigenvalue weighted by molar-refractivity contribution is 5.89. The van der Waals surface area contributed by atoms with Crippen molar-refractivity contribution in [3.63, 3.8) is 0 Å². The number of urea groups is 1. The van der Waals surface area contributed by atoms with Crippen molar-refractivity contribution in [2.24, 2.45) is 11.5 Å². The lowest BCUT2D eigenvalue weighted by molar-refractivity contribution is 0.157. The number of hydrogen-bond acceptors (Lipinski definition) is 4. The predicted molar refractivity (Wildman–Crippen MR) is 71.6 cm³/mol. The Morgan fingerprint density at radius 3 is 2.47 bits per heavy atom. The summed E-state index contributed by atoms with van der Waals surface area (Å²) in [5.74, 6) is 0. The van der Waals surface area contributed by atoms with Gasteiger partial charge < -0.3 is 26.8 Å². The molecule has 0 aromatic heterocycles. The van der Waals surface area contributed by atoms with Gasteiger partial charge in [0.1, 0.15) is 6.61 Å². The predicted octanol–water partition coefficient (Wildman–Crippen LogP) is 0.923. The summed E-state index contributed by atoms with van der Waals surface area (Å²) in [6, 6.07) is 6.78. The molecule has 1 atom stereocenters. The number of rotatable bonds is 5. The quantitative estimate of drug-likeness (QED) is 0.592. The highest BCUT2D eigenvalue weighted by Crippen LogP contribution is 2.13. The van der Waals surface area contributed by atoms with E-state index in [4.69, 9.17) is 11.5 Å². The van der Waals surface area contributed by atoms with Crippen molar-refractivity contribution in [1.29, 1.82) is 0 Å². The van der Waals surface area contributed by atoms with E-state index in [0.29, 0.717) is 5.69 Å². The zero-order valence-electron chi connectivity index (χ0n) is 10.7. The van der Waals surface area contributed by atoms with Gasteiger partial charge in [-0.05, 0) is 24.6 Å². The van der Waals surface area contributed by atoms with E-state index in [1.54, 1.807) is 12.1 Å². The molecule has 0 radical (unpaired) electrons. The molecule has 19 heavy (non-hydrogen) atoms. The van der Waals surface area contributed by atoms with Crippen LogP contribution in [0.3, 0.4) is 0 Å². The van der Waals surface area contributed by atoms with Gasteiger partial charge in [-0.1, -0.05) is 12.1 Å². The molecule has 0 saturated heterocycles. The van der Waals surface area contributed by atoms with Gasteiger partial charge in [-0.25, -0.2) is 9.59 Å². The van der Waals surface area contributed by atoms with Gasteiger partial charge in [-0.3, -0.25) is 0 Å². The van der Waals surface area contributed by atoms with Crippen molar-refractivity contribution in [2.75, 3.05) is 18.5 Å². The van der Waals surface area contributed by atoms with Crippen LogP contribution in [-0.4, -0.2) is 25.3 Å². The number of ether oxygens (including phenoxy) is 1. The summed E-state index contributed by atoms with van der Waals surface area (Å²) >= 11 is 0. The lowest BCUT2D eigenvalue weighted by atomic mass is 10.1. The van der Waals surface area contributed by atoms with Gasteiger partial charge in [0.2, 0.25) is 0 Å². The second-order valence-electron chi connectivity index (χ2n) is 3.96. The van der Waals surface area contributed by atoms with E-state index >= 15 is 0 Å². The highest BCUT2D eigenvalue weighted by Gasteiger charge is 2.03. The molecule has 7 nitrogen and oxygen atoms in total. The van der Waals surface area contributed by atoms with Crippen LogP contribution in [0.4, 0.5) is 15.3 Å². The number of hydrogen-bond donors (Lipinski definition) is 4. The number of benzene rings is 1. The highest BCUT2D eigenvalue weighted by atomic mass is 16.5. The van der Waals surface area contributed by atoms with E-state index in [2.05, 4.69) is 15.4 Å². The third-order valence-corrected chi connectivity index (χ3v) is 2.33. The Labute approximate surface area is 111 Å². The van der Waals surface area contributed by atoms with Crippen LogP contribution < -0.4 is 22.1 Å². The van der Waals surface area contributed by atoms with E-state index in [-0.39, 0.29) is 25.2 Å². The lowest BCUT2D eigenvalue weighted by Gasteiger charge is -2.09. The first-order valence-electron chi connectivity index (χ1n) is 5.81. The molecule has 1 aromatic rings. The summed E-state index contributed by atoms with van der Waals surface area (Å²) in [6.45, 7) is 2.10. The molecule has 0 saturated carbocycles. The van der Waals surface area contributed by atoms with Crippen LogP contribution in [0.2, 0.25) is 0 Å². The maximum absolute atomic E-state index is 11.5. The van der Waals surface area contributed by atoms with Crippen LogP contribution in [0, 0.1) is 0 Å². The smallest absolute Gasteiger partial charge is 0.404 e. The summed E-state index contributed by atoms with van der Waals surface area (Å²) < 4.78 is 4.47. The van der Waals surface area contributed by atoms with Gasteiger partial charge >= 0.3 is 12.1 Å². The second-order valence-corrected chi connectivity index (χ2v) is 3.96. The molecule has 0 aliphatic heterocycles. The summed E-state index contributed by atoms with van der Waals surface area (Å²) in [5, 5.41) is 5.15. The maximum Gasteiger partial charge on any atom is 0.404 e. The number of carbonyl (C=O) groups excluding carboxylic acids is 2. The number of carbonyl (C=O) groups is 2. The Kier molecular flexibility index (Phi) is 5.62. The lowest BCUT2D eigenvalue weighted by Crippen LogP contribution is -2.32. The first-order valence-corrected chi connectivity index (χ1v) is 5.81. The standard InChI is InChI=1S/C12H18N4O3/c1-8(13)9-2-4-10(5-3-9)16-12(18)15-6-7-19-11(14)17/h2-5,8H,6-7,13H2,1H3,(H2,14,17)(H2,15,16,18). The van der Waals surface area contributed by atoms with Crippen LogP contribution in [0.1, 0.15) is 18.5 Å². The molecule has 1 unspecified atom stereocenters. The number of nitrogens with two attached hydrogens (primary N) is 2. The largest absolute Gasteiger partial charge is 0.448 e. The molecule has 3 amide bonds. The normalized spacial score (nSPS) is 11.5. The van der Waals surface area contributed by atoms with Gasteiger partial charge in [0.05, 0.1) is 6.54 Å². The minimum atomic E-state index is -0.867. The molecule has 0 aliphatic rings. The van der Waals surface area contributed by atoms with Crippen molar-refractivity contribution in [1.82, 2.24) is 5.32 Å². The van der Waals surface area contributed by atoms with Crippen LogP contribution in [0.25, 0.3) is 0 Å². The van der Waals surface area contributed by atoms with E-state index < -0.39 is 6.09 Å². The molecule has 104 valence electrons. The zero-order chi connectivity index (χ0) is 14.3. The van der Waals surface area contributed by atoms with Gasteiger partial charge in [0.25, 0.3) is 0 Å². The fraction of sp³-hybridized carbons (Fsp3) is 0.333. The third-order valence-electron chi connectivity index (χ3n) is 2.33. The van der Waals surface area contributed by atoms with Gasteiger partial charge in [0, 0.05) is 11.7 Å². The molecule has 0 bridgehead atoms. The maximum atomic E-state index is 11.5. The van der Waals surface area contributed by atoms with Crippen molar-refractivity contribution in [3.8, 4) is 0 Å². The van der Waals surface area contributed by atoms with Gasteiger partial charge in [0.15, 0.2) is 0 Å². The summed E-state index contributed by atoms with van der Waals surface area (Å²) in [7, 11) is 0. The van der Waals surface area contributed by atoms with Crippen LogP contribution in [0.15, 0.2) is 24.3 Å². The summed E-state index contributed by atoms with van der Waals surface area (Å²) in [6.07, 6.45) is -0.867. The first kappa shape index (κ1) is 14.8. The molecule has 0 aliphatic carbocycles. The minimum Gasteiger partial charge on any atom is -0.448 e. The third kappa shape index (κ3) is 5.73. The topological polar surface area (TPSA) is 119 Å². The Balaban J connectivity index is 2.33. The molecule has 1 aromatic carbocycles. The monoisotopic (exact) mass is 266 g/mol. The number of primary amides is 1. The van der Waals surface area contributed by atoms with Gasteiger partial charge in [-0.15, -0.1) is 0 Å². The number of nitrogens with one attached hydrogen (secondary N) is 2. The van der Waals surface area contributed by atoms with Crippen LogP contribution >= 0.6 is 0 Å². The van der Waals surface area contributed by atoms with Crippen LogP contribution in [-0.2, 0) is 4.74 Å². The van der Waals surface area contributed by atoms with Crippen molar-refractivity contribution in [2.45, 2.75) is 13.0 Å². The Morgan fingerprint density at radius 1 is 1.32 bits per heavy atom. The van der Waals surface area contributed by atoms with Crippen molar-refractivity contribution >= 4 is 17.8 Å². The SMILES string of the molecule is CC(N)c1ccc(NC(=O)NCCOC(N)=O)cc1. The Hall–Kier alpha value is -2.28. The van der Waals surface area contributed by atoms with Gasteiger partial charge in [-0.2, -0.15) is 0 Å². The van der Waals surface area contributed by atoms with E-state index in [9.17, 15) is 9.59 Å². The fourth-order valence-electron chi connectivity index (χ4n) is 1.36. The summed E-state index contributed by atoms with van der Waals surface area (Å²) in [4.78, 5) is 21.7. The molecule has 0 heterocycles. The molecule has 0 fully saturated rings. The molecule has 1 rings (SSSR count). The molecule has 0 spiro atoms. The Morgan fingerprint density at radius 2 is 1.95 bits per heavy atom. The molecule has 6 N–H and O–H groups in total. The zero-order valence-corrected chi connectivity index (χ0v) is 10.7. The second kappa shape index (κ2) is 7.22. The molecular weight excluding hydrogens is 248 g/mol. The van der Waals surface area contributed by atoms with Crippen LogP contribution in [0.5, 0.6) is 0 Å². The minimum absolute atomic E-state index is 0.0341. The van der Waals surface area contributed by atoms with E-state index in [1.165, 1.54) is 0 Å².